The van der Waals surface area contributed by atoms with E-state index in [1.807, 2.05) is 31.2 Å². The lowest BCUT2D eigenvalue weighted by atomic mass is 9.96. The monoisotopic (exact) mass is 191 g/mol. The van der Waals surface area contributed by atoms with E-state index in [2.05, 4.69) is 5.18 Å². The fourth-order valence-electron chi connectivity index (χ4n) is 1.82. The Morgan fingerprint density at radius 1 is 1.57 bits per heavy atom. The van der Waals surface area contributed by atoms with E-state index in [1.54, 1.807) is 0 Å². The van der Waals surface area contributed by atoms with Crippen LogP contribution in [0.4, 0.5) is 0 Å². The van der Waals surface area contributed by atoms with Gasteiger partial charge in [0.1, 0.15) is 11.8 Å². The first-order valence-corrected chi connectivity index (χ1v) is 4.87. The summed E-state index contributed by atoms with van der Waals surface area (Å²) in [6, 6.07) is -0.243. The zero-order valence-electron chi connectivity index (χ0n) is 8.14. The van der Waals surface area contributed by atoms with Crippen molar-refractivity contribution in [2.75, 3.05) is 0 Å². The summed E-state index contributed by atoms with van der Waals surface area (Å²) < 4.78 is 5.66. The minimum Gasteiger partial charge on any atom is -0.491 e. The Hall–Kier alpha value is -1.38. The molecule has 2 atom stereocenters. The van der Waals surface area contributed by atoms with E-state index in [9.17, 15) is 4.91 Å². The lowest BCUT2D eigenvalue weighted by molar-refractivity contribution is 0.103. The molecular weight excluding hydrogens is 178 g/mol. The van der Waals surface area contributed by atoms with Gasteiger partial charge in [-0.1, -0.05) is 23.4 Å². The van der Waals surface area contributed by atoms with Gasteiger partial charge in [-0.3, -0.25) is 0 Å². The number of nitrogens with zero attached hydrogens (tertiary/aromatic N) is 1. The fraction of sp³-hybridized carbons (Fsp3) is 0.455. The summed E-state index contributed by atoms with van der Waals surface area (Å²) in [5.74, 6) is 0.832. The van der Waals surface area contributed by atoms with Gasteiger partial charge in [0, 0.05) is 12.0 Å². The van der Waals surface area contributed by atoms with Crippen molar-refractivity contribution in [1.82, 2.24) is 0 Å². The average Bonchev–Trinajstić information content (AvgIpc) is 2.41. The highest BCUT2D eigenvalue weighted by Crippen LogP contribution is 2.31. The van der Waals surface area contributed by atoms with Gasteiger partial charge < -0.3 is 4.74 Å². The van der Waals surface area contributed by atoms with Crippen LogP contribution >= 0.6 is 0 Å². The van der Waals surface area contributed by atoms with E-state index >= 15 is 0 Å². The average molecular weight is 191 g/mol. The number of fused-ring (bicyclic) bond motifs is 1. The zero-order valence-corrected chi connectivity index (χ0v) is 8.14. The minimum absolute atomic E-state index is 0.0826. The van der Waals surface area contributed by atoms with E-state index < -0.39 is 0 Å². The van der Waals surface area contributed by atoms with Gasteiger partial charge in [0.2, 0.25) is 0 Å². The molecule has 1 heterocycles. The van der Waals surface area contributed by atoms with Crippen LogP contribution in [-0.4, -0.2) is 12.1 Å². The van der Waals surface area contributed by atoms with Crippen LogP contribution in [-0.2, 0) is 4.74 Å². The van der Waals surface area contributed by atoms with Gasteiger partial charge in [-0.15, -0.1) is 0 Å². The van der Waals surface area contributed by atoms with Crippen LogP contribution in [0.5, 0.6) is 0 Å². The molecule has 1 aliphatic heterocycles. The number of hydrogen-bond acceptors (Lipinski definition) is 3. The van der Waals surface area contributed by atoms with Gasteiger partial charge in [0.25, 0.3) is 0 Å². The van der Waals surface area contributed by atoms with Crippen molar-refractivity contribution in [2.24, 2.45) is 5.18 Å². The van der Waals surface area contributed by atoms with Gasteiger partial charge in [0.15, 0.2) is 0 Å². The molecule has 2 aliphatic rings. The van der Waals surface area contributed by atoms with Crippen molar-refractivity contribution in [2.45, 2.75) is 31.9 Å². The van der Waals surface area contributed by atoms with Crippen LogP contribution in [0.1, 0.15) is 19.8 Å². The molecule has 2 rings (SSSR count). The Labute approximate surface area is 83.1 Å². The molecule has 0 spiro atoms. The molecule has 0 aromatic heterocycles. The molecule has 1 saturated heterocycles. The first-order valence-electron chi connectivity index (χ1n) is 4.87. The maximum absolute atomic E-state index is 10.7. The van der Waals surface area contributed by atoms with Crippen LogP contribution in [0.25, 0.3) is 0 Å². The number of allylic oxidation sites excluding steroid dienone is 4. The van der Waals surface area contributed by atoms with Crippen molar-refractivity contribution in [1.29, 1.82) is 0 Å². The summed E-state index contributed by atoms with van der Waals surface area (Å²) in [6.07, 6.45) is 9.54. The predicted octanol–water partition coefficient (Wildman–Crippen LogP) is 2.70. The van der Waals surface area contributed by atoms with Crippen molar-refractivity contribution in [3.8, 4) is 0 Å². The summed E-state index contributed by atoms with van der Waals surface area (Å²) in [4.78, 5) is 10.7. The standard InChI is InChI=1S/C11H13NO2/c1-8-7-10(12-13)9-5-3-2-4-6-11(9)14-8/h2-3,5-6,8,10H,4,7H2,1H3. The fourth-order valence-corrected chi connectivity index (χ4v) is 1.82. The molecule has 1 aliphatic carbocycles. The number of rotatable bonds is 1. The van der Waals surface area contributed by atoms with E-state index in [4.69, 9.17) is 4.74 Å². The molecule has 3 nitrogen and oxygen atoms in total. The highest BCUT2D eigenvalue weighted by molar-refractivity contribution is 5.38. The highest BCUT2D eigenvalue weighted by atomic mass is 16.5. The van der Waals surface area contributed by atoms with E-state index in [1.165, 1.54) is 0 Å². The molecule has 0 bridgehead atoms. The molecule has 0 aromatic rings. The third-order valence-electron chi connectivity index (χ3n) is 2.51. The first kappa shape index (κ1) is 9.19. The lowest BCUT2D eigenvalue weighted by Crippen LogP contribution is -2.26. The van der Waals surface area contributed by atoms with Crippen molar-refractivity contribution < 1.29 is 4.74 Å². The zero-order chi connectivity index (χ0) is 9.97. The minimum atomic E-state index is -0.243. The van der Waals surface area contributed by atoms with E-state index in [-0.39, 0.29) is 12.1 Å². The van der Waals surface area contributed by atoms with Gasteiger partial charge in [-0.25, -0.2) is 0 Å². The van der Waals surface area contributed by atoms with Crippen LogP contribution in [0, 0.1) is 4.91 Å². The normalized spacial score (nSPS) is 30.6. The second-order valence-corrected chi connectivity index (χ2v) is 3.64. The van der Waals surface area contributed by atoms with E-state index in [0.717, 1.165) is 17.8 Å². The summed E-state index contributed by atoms with van der Waals surface area (Å²) in [6.45, 7) is 1.97. The second kappa shape index (κ2) is 3.78. The Kier molecular flexibility index (Phi) is 2.48. The largest absolute Gasteiger partial charge is 0.491 e. The summed E-state index contributed by atoms with van der Waals surface area (Å²) in [5.41, 5.74) is 0.923. The van der Waals surface area contributed by atoms with Gasteiger partial charge in [-0.05, 0) is 19.4 Å². The summed E-state index contributed by atoms with van der Waals surface area (Å²) >= 11 is 0. The third kappa shape index (κ3) is 1.62. The van der Waals surface area contributed by atoms with Crippen LogP contribution < -0.4 is 0 Å². The smallest absolute Gasteiger partial charge is 0.124 e. The molecule has 74 valence electrons. The predicted molar refractivity (Wildman–Crippen MR) is 54.7 cm³/mol. The van der Waals surface area contributed by atoms with Crippen LogP contribution in [0.3, 0.4) is 0 Å². The molecule has 0 amide bonds. The van der Waals surface area contributed by atoms with Crippen LogP contribution in [0.2, 0.25) is 0 Å². The van der Waals surface area contributed by atoms with Crippen LogP contribution in [0.15, 0.2) is 40.8 Å². The SMILES string of the molecule is CC1CC(N=O)C2=CC=CCC=C2O1. The Bertz CT molecular complexity index is 328. The Balaban J connectivity index is 2.33. The van der Waals surface area contributed by atoms with Gasteiger partial charge in [0.05, 0.1) is 6.10 Å². The molecule has 0 N–H and O–H groups in total. The van der Waals surface area contributed by atoms with Gasteiger partial charge in [-0.2, -0.15) is 4.91 Å². The summed E-state index contributed by atoms with van der Waals surface area (Å²) in [5, 5.41) is 3.15. The Morgan fingerprint density at radius 3 is 3.21 bits per heavy atom. The molecule has 2 unspecified atom stereocenters. The van der Waals surface area contributed by atoms with Crippen molar-refractivity contribution in [3.05, 3.63) is 40.5 Å². The topological polar surface area (TPSA) is 38.7 Å². The highest BCUT2D eigenvalue weighted by Gasteiger charge is 2.29. The quantitative estimate of drug-likeness (QED) is 0.598. The maximum Gasteiger partial charge on any atom is 0.124 e. The van der Waals surface area contributed by atoms with Crippen molar-refractivity contribution in [3.63, 3.8) is 0 Å². The molecule has 14 heavy (non-hydrogen) atoms. The molecule has 0 aromatic carbocycles. The third-order valence-corrected chi connectivity index (χ3v) is 2.51. The van der Waals surface area contributed by atoms with Gasteiger partial charge >= 0.3 is 0 Å². The first-order chi connectivity index (χ1) is 6.81. The second-order valence-electron chi connectivity index (χ2n) is 3.64. The molecular formula is C11H13NO2. The number of hydrogen-bond donors (Lipinski definition) is 0. The number of ether oxygens (including phenoxy) is 1. The van der Waals surface area contributed by atoms with Crippen molar-refractivity contribution >= 4 is 0 Å². The maximum atomic E-state index is 10.7. The molecule has 1 fully saturated rings. The Morgan fingerprint density at radius 2 is 2.43 bits per heavy atom. The molecule has 0 radical (unpaired) electrons. The summed E-state index contributed by atoms with van der Waals surface area (Å²) in [7, 11) is 0. The molecule has 0 saturated carbocycles. The number of nitroso groups, excluding NO2 is 1. The molecule has 3 heteroatoms. The lowest BCUT2D eigenvalue weighted by Gasteiger charge is -2.28. The van der Waals surface area contributed by atoms with E-state index in [0.29, 0.717) is 6.42 Å².